The van der Waals surface area contributed by atoms with E-state index < -0.39 is 11.9 Å². The molecule has 9 heteroatoms. The van der Waals surface area contributed by atoms with Crippen LogP contribution >= 0.6 is 11.6 Å². The summed E-state index contributed by atoms with van der Waals surface area (Å²) < 4.78 is 6.09. The third-order valence-electron chi connectivity index (χ3n) is 2.11. The Bertz CT molecular complexity index is 606. The number of aromatic nitrogens is 3. The molecular weight excluding hydrogens is 276 g/mol. The molecule has 2 rings (SSSR count). The first-order chi connectivity index (χ1) is 9.04. The Morgan fingerprint density at radius 3 is 2.89 bits per heavy atom. The second-order valence-corrected chi connectivity index (χ2v) is 3.96. The summed E-state index contributed by atoms with van der Waals surface area (Å²) in [5.41, 5.74) is 0.437. The summed E-state index contributed by atoms with van der Waals surface area (Å²) in [4.78, 5) is 22.1. The summed E-state index contributed by atoms with van der Waals surface area (Å²) in [6.07, 6.45) is 1.43. The van der Waals surface area contributed by atoms with E-state index in [1.165, 1.54) is 18.3 Å². The third-order valence-corrected chi connectivity index (χ3v) is 2.31. The molecule has 2 aromatic heterocycles. The fourth-order valence-corrected chi connectivity index (χ4v) is 1.48. The van der Waals surface area contributed by atoms with Crippen LogP contribution in [-0.2, 0) is 17.9 Å². The van der Waals surface area contributed by atoms with Gasteiger partial charge in [0.25, 0.3) is 5.91 Å². The minimum Gasteiger partial charge on any atom is -0.480 e. The molecule has 100 valence electrons. The number of nitrogens with one attached hydrogen (secondary N) is 1. The predicted octanol–water partition coefficient (Wildman–Crippen LogP) is 0.539. The molecule has 2 aromatic rings. The maximum Gasteiger partial charge on any atom is 0.325 e. The number of aliphatic carboxylic acids is 1. The molecule has 0 fully saturated rings. The summed E-state index contributed by atoms with van der Waals surface area (Å²) >= 11 is 5.55. The quantitative estimate of drug-likeness (QED) is 0.829. The lowest BCUT2D eigenvalue weighted by atomic mass is 10.4. The molecule has 0 aliphatic rings. The topological polar surface area (TPSA) is 110 Å². The summed E-state index contributed by atoms with van der Waals surface area (Å²) in [6.45, 7) is -0.175. The number of carboxylic acids is 1. The first kappa shape index (κ1) is 13.1. The smallest absolute Gasteiger partial charge is 0.325 e. The van der Waals surface area contributed by atoms with E-state index in [-0.39, 0.29) is 24.1 Å². The van der Waals surface area contributed by atoms with Crippen LogP contribution in [0.15, 0.2) is 22.7 Å². The van der Waals surface area contributed by atoms with Crippen molar-refractivity contribution in [2.24, 2.45) is 0 Å². The van der Waals surface area contributed by atoms with Crippen LogP contribution < -0.4 is 5.32 Å². The molecule has 0 radical (unpaired) electrons. The molecule has 0 unspecified atom stereocenters. The Morgan fingerprint density at radius 2 is 2.26 bits per heavy atom. The minimum atomic E-state index is -1.02. The van der Waals surface area contributed by atoms with Crippen molar-refractivity contribution in [1.29, 1.82) is 0 Å². The Balaban J connectivity index is 1.90. The zero-order valence-corrected chi connectivity index (χ0v) is 10.3. The number of amides is 1. The first-order valence-corrected chi connectivity index (χ1v) is 5.57. The van der Waals surface area contributed by atoms with Crippen molar-refractivity contribution in [3.8, 4) is 0 Å². The number of hydrogen-bond donors (Lipinski definition) is 2. The van der Waals surface area contributed by atoms with Crippen LogP contribution in [0.25, 0.3) is 0 Å². The van der Waals surface area contributed by atoms with E-state index in [9.17, 15) is 9.59 Å². The van der Waals surface area contributed by atoms with E-state index in [0.29, 0.717) is 5.69 Å². The zero-order chi connectivity index (χ0) is 13.8. The van der Waals surface area contributed by atoms with Crippen LogP contribution in [0.2, 0.25) is 5.22 Å². The average molecular weight is 285 g/mol. The van der Waals surface area contributed by atoms with Gasteiger partial charge in [-0.3, -0.25) is 9.59 Å². The molecule has 0 atom stereocenters. The Hall–Kier alpha value is -2.35. The zero-order valence-electron chi connectivity index (χ0n) is 9.54. The van der Waals surface area contributed by atoms with Crippen molar-refractivity contribution in [2.75, 3.05) is 0 Å². The molecule has 8 nitrogen and oxygen atoms in total. The van der Waals surface area contributed by atoms with Gasteiger partial charge in [-0.25, -0.2) is 4.68 Å². The summed E-state index contributed by atoms with van der Waals surface area (Å²) in [5.74, 6) is -1.38. The Labute approximate surface area is 112 Å². The van der Waals surface area contributed by atoms with Crippen molar-refractivity contribution in [1.82, 2.24) is 20.3 Å². The van der Waals surface area contributed by atoms with E-state index >= 15 is 0 Å². The number of carboxylic acid groups (broad SMARTS) is 1. The van der Waals surface area contributed by atoms with Crippen molar-refractivity contribution in [2.45, 2.75) is 13.1 Å². The van der Waals surface area contributed by atoms with Gasteiger partial charge < -0.3 is 14.8 Å². The first-order valence-electron chi connectivity index (χ1n) is 5.19. The van der Waals surface area contributed by atoms with Gasteiger partial charge in [-0.1, -0.05) is 5.21 Å². The maximum atomic E-state index is 11.6. The third kappa shape index (κ3) is 3.55. The van der Waals surface area contributed by atoms with E-state index in [4.69, 9.17) is 21.1 Å². The number of furan rings is 1. The van der Waals surface area contributed by atoms with Crippen molar-refractivity contribution >= 4 is 23.5 Å². The fraction of sp³-hybridized carbons (Fsp3) is 0.200. The molecule has 1 amide bonds. The fourth-order valence-electron chi connectivity index (χ4n) is 1.33. The number of carbonyl (C=O) groups excluding carboxylic acids is 1. The van der Waals surface area contributed by atoms with E-state index in [1.54, 1.807) is 0 Å². The van der Waals surface area contributed by atoms with Gasteiger partial charge in [0, 0.05) is 0 Å². The molecule has 0 spiro atoms. The van der Waals surface area contributed by atoms with Crippen LogP contribution in [0.1, 0.15) is 16.2 Å². The molecule has 2 N–H and O–H groups in total. The number of rotatable bonds is 5. The van der Waals surface area contributed by atoms with Gasteiger partial charge in [-0.05, 0) is 23.7 Å². The highest BCUT2D eigenvalue weighted by Gasteiger charge is 2.11. The van der Waals surface area contributed by atoms with Crippen molar-refractivity contribution in [3.63, 3.8) is 0 Å². The van der Waals surface area contributed by atoms with E-state index in [0.717, 1.165) is 4.68 Å². The van der Waals surface area contributed by atoms with Crippen LogP contribution in [0.3, 0.4) is 0 Å². The molecular formula is C10H9ClN4O4. The second kappa shape index (κ2) is 5.53. The highest BCUT2D eigenvalue weighted by Crippen LogP contribution is 2.12. The van der Waals surface area contributed by atoms with Gasteiger partial charge in [-0.15, -0.1) is 5.10 Å². The van der Waals surface area contributed by atoms with Crippen molar-refractivity contribution in [3.05, 3.63) is 35.0 Å². The van der Waals surface area contributed by atoms with Crippen LogP contribution in [0.4, 0.5) is 0 Å². The predicted molar refractivity (Wildman–Crippen MR) is 62.5 cm³/mol. The molecule has 0 saturated heterocycles. The lowest BCUT2D eigenvalue weighted by Crippen LogP contribution is -2.22. The summed E-state index contributed by atoms with van der Waals surface area (Å²) in [5, 5.41) is 18.5. The highest BCUT2D eigenvalue weighted by atomic mass is 35.5. The van der Waals surface area contributed by atoms with Gasteiger partial charge in [0.15, 0.2) is 11.0 Å². The minimum absolute atomic E-state index is 0.0860. The number of halogens is 1. The standard InChI is InChI=1S/C10H9ClN4O4/c11-8-2-1-7(19-8)10(18)12-3-6-4-15(14-13-6)5-9(16)17/h1-2,4H,3,5H2,(H,12,18)(H,16,17). The SMILES string of the molecule is O=C(O)Cn1cc(CNC(=O)c2ccc(Cl)o2)nn1. The van der Waals surface area contributed by atoms with Gasteiger partial charge >= 0.3 is 5.97 Å². The largest absolute Gasteiger partial charge is 0.480 e. The summed E-state index contributed by atoms with van der Waals surface area (Å²) in [7, 11) is 0. The van der Waals surface area contributed by atoms with Crippen LogP contribution in [-0.4, -0.2) is 32.0 Å². The monoisotopic (exact) mass is 284 g/mol. The van der Waals surface area contributed by atoms with Crippen molar-refractivity contribution < 1.29 is 19.1 Å². The lowest BCUT2D eigenvalue weighted by molar-refractivity contribution is -0.137. The highest BCUT2D eigenvalue weighted by molar-refractivity contribution is 6.29. The van der Waals surface area contributed by atoms with Crippen LogP contribution in [0, 0.1) is 0 Å². The number of nitrogens with zero attached hydrogens (tertiary/aromatic N) is 3. The molecule has 0 aromatic carbocycles. The molecule has 0 bridgehead atoms. The van der Waals surface area contributed by atoms with Gasteiger partial charge in [0.1, 0.15) is 12.2 Å². The summed E-state index contributed by atoms with van der Waals surface area (Å²) in [6, 6.07) is 2.90. The van der Waals surface area contributed by atoms with E-state index in [1.807, 2.05) is 0 Å². The molecule has 0 saturated carbocycles. The molecule has 0 aliphatic heterocycles. The van der Waals surface area contributed by atoms with Gasteiger partial charge in [-0.2, -0.15) is 0 Å². The Kier molecular flexibility index (Phi) is 3.81. The average Bonchev–Trinajstić information content (AvgIpc) is 2.94. The maximum absolute atomic E-state index is 11.6. The molecule has 2 heterocycles. The van der Waals surface area contributed by atoms with Gasteiger partial charge in [0.2, 0.25) is 0 Å². The molecule has 0 aliphatic carbocycles. The van der Waals surface area contributed by atoms with E-state index in [2.05, 4.69) is 15.6 Å². The van der Waals surface area contributed by atoms with Gasteiger partial charge in [0.05, 0.1) is 12.7 Å². The second-order valence-electron chi connectivity index (χ2n) is 3.59. The molecule has 19 heavy (non-hydrogen) atoms. The number of hydrogen-bond acceptors (Lipinski definition) is 5. The Morgan fingerprint density at radius 1 is 1.47 bits per heavy atom. The van der Waals surface area contributed by atoms with Crippen LogP contribution in [0.5, 0.6) is 0 Å². The lowest BCUT2D eigenvalue weighted by Gasteiger charge is -1.99. The number of carbonyl (C=O) groups is 2. The normalized spacial score (nSPS) is 10.4.